The predicted molar refractivity (Wildman–Crippen MR) is 71.2 cm³/mol. The lowest BCUT2D eigenvalue weighted by Gasteiger charge is -2.09. The van der Waals surface area contributed by atoms with Crippen LogP contribution < -0.4 is 14.8 Å². The Morgan fingerprint density at radius 2 is 1.82 bits per heavy atom. The molecule has 0 spiro atoms. The summed E-state index contributed by atoms with van der Waals surface area (Å²) in [6.45, 7) is 0. The third kappa shape index (κ3) is 4.56. The van der Waals surface area contributed by atoms with Gasteiger partial charge in [0, 0.05) is 36.1 Å². The highest BCUT2D eigenvalue weighted by atomic mass is 32.2. The van der Waals surface area contributed by atoms with E-state index < -0.39 is 0 Å². The summed E-state index contributed by atoms with van der Waals surface area (Å²) < 4.78 is 10.2. The van der Waals surface area contributed by atoms with Crippen LogP contribution in [0.5, 0.6) is 11.5 Å². The molecule has 0 saturated carbocycles. The first-order chi connectivity index (χ1) is 8.19. The van der Waals surface area contributed by atoms with Gasteiger partial charge in [0.25, 0.3) is 0 Å². The molecule has 0 saturated heterocycles. The van der Waals surface area contributed by atoms with E-state index in [4.69, 9.17) is 9.47 Å². The van der Waals surface area contributed by atoms with E-state index in [1.54, 1.807) is 44.2 Å². The number of benzene rings is 1. The third-order valence-electron chi connectivity index (χ3n) is 2.17. The Morgan fingerprint density at radius 3 is 2.29 bits per heavy atom. The molecule has 0 unspecified atom stereocenters. The number of carbonyl (C=O) groups excluding carboxylic acids is 1. The average molecular weight is 255 g/mol. The van der Waals surface area contributed by atoms with Gasteiger partial charge >= 0.3 is 0 Å². The topological polar surface area (TPSA) is 47.6 Å². The average Bonchev–Trinajstić information content (AvgIpc) is 2.35. The van der Waals surface area contributed by atoms with E-state index in [-0.39, 0.29) is 5.91 Å². The minimum Gasteiger partial charge on any atom is -0.497 e. The molecule has 1 aromatic rings. The normalized spacial score (nSPS) is 9.82. The smallest absolute Gasteiger partial charge is 0.225 e. The molecule has 0 radical (unpaired) electrons. The van der Waals surface area contributed by atoms with E-state index in [0.29, 0.717) is 23.6 Å². The molecule has 5 heteroatoms. The zero-order valence-corrected chi connectivity index (χ0v) is 11.1. The van der Waals surface area contributed by atoms with E-state index in [9.17, 15) is 4.79 Å². The summed E-state index contributed by atoms with van der Waals surface area (Å²) in [5.41, 5.74) is 0.687. The van der Waals surface area contributed by atoms with Crippen molar-refractivity contribution in [1.82, 2.24) is 0 Å². The van der Waals surface area contributed by atoms with Gasteiger partial charge < -0.3 is 14.8 Å². The van der Waals surface area contributed by atoms with Gasteiger partial charge in [-0.05, 0) is 6.26 Å². The SMILES string of the molecule is COc1cc(NC(=O)CCSC)cc(OC)c1. The van der Waals surface area contributed by atoms with Gasteiger partial charge in [-0.2, -0.15) is 11.8 Å². The molecule has 0 heterocycles. The summed E-state index contributed by atoms with van der Waals surface area (Å²) in [5.74, 6) is 2.12. The first-order valence-corrected chi connectivity index (χ1v) is 6.61. The lowest BCUT2D eigenvalue weighted by Crippen LogP contribution is -2.12. The summed E-state index contributed by atoms with van der Waals surface area (Å²) in [4.78, 5) is 11.6. The molecule has 0 atom stereocenters. The number of anilines is 1. The quantitative estimate of drug-likeness (QED) is 0.848. The van der Waals surface area contributed by atoms with Crippen molar-refractivity contribution >= 4 is 23.4 Å². The standard InChI is InChI=1S/C12H17NO3S/c1-15-10-6-9(7-11(8-10)16-2)13-12(14)4-5-17-3/h6-8H,4-5H2,1-3H3,(H,13,14). The highest BCUT2D eigenvalue weighted by Crippen LogP contribution is 2.25. The fourth-order valence-corrected chi connectivity index (χ4v) is 1.69. The molecule has 1 aromatic carbocycles. The van der Waals surface area contributed by atoms with Crippen molar-refractivity contribution in [2.75, 3.05) is 31.5 Å². The number of rotatable bonds is 6. The molecule has 0 aliphatic carbocycles. The van der Waals surface area contributed by atoms with Gasteiger partial charge in [-0.15, -0.1) is 0 Å². The molecule has 0 bridgehead atoms. The number of nitrogens with one attached hydrogen (secondary N) is 1. The van der Waals surface area contributed by atoms with Crippen molar-refractivity contribution in [1.29, 1.82) is 0 Å². The van der Waals surface area contributed by atoms with Crippen LogP contribution in [0.15, 0.2) is 18.2 Å². The Bertz CT molecular complexity index is 360. The summed E-state index contributed by atoms with van der Waals surface area (Å²) in [7, 11) is 3.15. The molecule has 0 aliphatic rings. The van der Waals surface area contributed by atoms with E-state index in [1.165, 1.54) is 0 Å². The first kappa shape index (κ1) is 13.7. The molecule has 0 fully saturated rings. The largest absolute Gasteiger partial charge is 0.497 e. The Morgan fingerprint density at radius 1 is 1.24 bits per heavy atom. The van der Waals surface area contributed by atoms with E-state index in [0.717, 1.165) is 5.75 Å². The van der Waals surface area contributed by atoms with Crippen LogP contribution in [0.3, 0.4) is 0 Å². The number of amides is 1. The Labute approximate surface area is 106 Å². The number of ether oxygens (including phenoxy) is 2. The maximum absolute atomic E-state index is 11.6. The maximum Gasteiger partial charge on any atom is 0.225 e. The lowest BCUT2D eigenvalue weighted by molar-refractivity contribution is -0.115. The summed E-state index contributed by atoms with van der Waals surface area (Å²) in [6.07, 6.45) is 2.47. The van der Waals surface area contributed by atoms with Crippen LogP contribution in [0, 0.1) is 0 Å². The second kappa shape index (κ2) is 7.06. The van der Waals surface area contributed by atoms with Gasteiger partial charge in [-0.25, -0.2) is 0 Å². The molecule has 1 rings (SSSR count). The molecule has 0 aromatic heterocycles. The Hall–Kier alpha value is -1.36. The highest BCUT2D eigenvalue weighted by molar-refractivity contribution is 7.98. The molecule has 1 N–H and O–H groups in total. The van der Waals surface area contributed by atoms with E-state index >= 15 is 0 Å². The van der Waals surface area contributed by atoms with Crippen LogP contribution >= 0.6 is 11.8 Å². The minimum absolute atomic E-state index is 0.00495. The minimum atomic E-state index is -0.00495. The number of hydrogen-bond acceptors (Lipinski definition) is 4. The lowest BCUT2D eigenvalue weighted by atomic mass is 10.2. The molecule has 0 aliphatic heterocycles. The Kier molecular flexibility index (Phi) is 5.69. The van der Waals surface area contributed by atoms with Gasteiger partial charge in [0.1, 0.15) is 11.5 Å². The van der Waals surface area contributed by atoms with Crippen molar-refractivity contribution in [2.45, 2.75) is 6.42 Å². The number of hydrogen-bond donors (Lipinski definition) is 1. The Balaban J connectivity index is 2.72. The summed E-state index contributed by atoms with van der Waals surface area (Å²) in [5, 5.41) is 2.81. The predicted octanol–water partition coefficient (Wildman–Crippen LogP) is 2.40. The van der Waals surface area contributed by atoms with Crippen LogP contribution in [0.2, 0.25) is 0 Å². The first-order valence-electron chi connectivity index (χ1n) is 5.21. The van der Waals surface area contributed by atoms with Crippen LogP contribution in [0.4, 0.5) is 5.69 Å². The summed E-state index contributed by atoms with van der Waals surface area (Å²) >= 11 is 1.65. The second-order valence-electron chi connectivity index (χ2n) is 3.39. The number of carbonyl (C=O) groups is 1. The van der Waals surface area contributed by atoms with Crippen molar-refractivity contribution in [3.63, 3.8) is 0 Å². The molecule has 94 valence electrons. The van der Waals surface area contributed by atoms with Crippen molar-refractivity contribution < 1.29 is 14.3 Å². The summed E-state index contributed by atoms with van der Waals surface area (Å²) in [6, 6.07) is 5.29. The molecular weight excluding hydrogens is 238 g/mol. The second-order valence-corrected chi connectivity index (χ2v) is 4.38. The van der Waals surface area contributed by atoms with Crippen LogP contribution in [0.1, 0.15) is 6.42 Å². The molecule has 1 amide bonds. The van der Waals surface area contributed by atoms with Crippen LogP contribution in [-0.4, -0.2) is 32.1 Å². The van der Waals surface area contributed by atoms with Crippen LogP contribution in [0.25, 0.3) is 0 Å². The van der Waals surface area contributed by atoms with Crippen LogP contribution in [-0.2, 0) is 4.79 Å². The van der Waals surface area contributed by atoms with Gasteiger partial charge in [0.2, 0.25) is 5.91 Å². The van der Waals surface area contributed by atoms with E-state index in [1.807, 2.05) is 6.26 Å². The fourth-order valence-electron chi connectivity index (χ4n) is 1.30. The van der Waals surface area contributed by atoms with Crippen molar-refractivity contribution in [3.8, 4) is 11.5 Å². The van der Waals surface area contributed by atoms with Gasteiger partial charge in [0.15, 0.2) is 0 Å². The zero-order valence-electron chi connectivity index (χ0n) is 10.3. The monoisotopic (exact) mass is 255 g/mol. The highest BCUT2D eigenvalue weighted by Gasteiger charge is 2.05. The third-order valence-corrected chi connectivity index (χ3v) is 2.78. The maximum atomic E-state index is 11.6. The molecule has 17 heavy (non-hydrogen) atoms. The van der Waals surface area contributed by atoms with Gasteiger partial charge in [-0.3, -0.25) is 4.79 Å². The number of methoxy groups -OCH3 is 2. The van der Waals surface area contributed by atoms with Crippen molar-refractivity contribution in [3.05, 3.63) is 18.2 Å². The van der Waals surface area contributed by atoms with E-state index in [2.05, 4.69) is 5.32 Å². The number of thioether (sulfide) groups is 1. The zero-order chi connectivity index (χ0) is 12.7. The molecule has 4 nitrogen and oxygen atoms in total. The van der Waals surface area contributed by atoms with Gasteiger partial charge in [0.05, 0.1) is 14.2 Å². The van der Waals surface area contributed by atoms with Gasteiger partial charge in [-0.1, -0.05) is 0 Å². The van der Waals surface area contributed by atoms with Crippen molar-refractivity contribution in [2.24, 2.45) is 0 Å². The fraction of sp³-hybridized carbons (Fsp3) is 0.417. The molecular formula is C12H17NO3S.